The fourth-order valence-corrected chi connectivity index (χ4v) is 2.25. The van der Waals surface area contributed by atoms with Crippen LogP contribution in [0.5, 0.6) is 5.75 Å². The lowest BCUT2D eigenvalue weighted by molar-refractivity contribution is 0.0122. The van der Waals surface area contributed by atoms with Gasteiger partial charge in [0.05, 0.1) is 12.7 Å². The molecule has 1 saturated heterocycles. The van der Waals surface area contributed by atoms with E-state index in [1.807, 2.05) is 4.90 Å². The van der Waals surface area contributed by atoms with Gasteiger partial charge in [0.1, 0.15) is 5.75 Å². The Hall–Kier alpha value is -1.59. The average Bonchev–Trinajstić information content (AvgIpc) is 2.46. The van der Waals surface area contributed by atoms with Gasteiger partial charge in [-0.1, -0.05) is 0 Å². The number of aromatic hydroxyl groups is 1. The number of phenolic OH excluding ortho intramolecular Hbond substituents is 1. The van der Waals surface area contributed by atoms with Crippen LogP contribution in [0.4, 0.5) is 0 Å². The van der Waals surface area contributed by atoms with E-state index in [0.29, 0.717) is 31.8 Å². The number of carbonyl (C=O) groups excluding carboxylic acids is 1. The summed E-state index contributed by atoms with van der Waals surface area (Å²) in [7, 11) is 0. The zero-order chi connectivity index (χ0) is 13.7. The predicted octanol–water partition coefficient (Wildman–Crippen LogP) is 0.972. The molecule has 1 aromatic rings. The van der Waals surface area contributed by atoms with Crippen molar-refractivity contribution in [3.8, 4) is 5.75 Å². The third-order valence-corrected chi connectivity index (χ3v) is 3.31. The molecule has 1 aliphatic heterocycles. The summed E-state index contributed by atoms with van der Waals surface area (Å²) in [4.78, 5) is 14.0. The first-order valence-corrected chi connectivity index (χ1v) is 6.60. The second kappa shape index (κ2) is 6.54. The first-order chi connectivity index (χ1) is 9.20. The van der Waals surface area contributed by atoms with Crippen molar-refractivity contribution in [3.05, 3.63) is 29.8 Å². The third kappa shape index (κ3) is 3.68. The third-order valence-electron chi connectivity index (χ3n) is 3.31. The van der Waals surface area contributed by atoms with Crippen LogP contribution < -0.4 is 5.73 Å². The predicted molar refractivity (Wildman–Crippen MR) is 72.0 cm³/mol. The molecule has 104 valence electrons. The van der Waals surface area contributed by atoms with Crippen LogP contribution in [0.3, 0.4) is 0 Å². The molecular weight excluding hydrogens is 244 g/mol. The van der Waals surface area contributed by atoms with E-state index in [2.05, 4.69) is 0 Å². The quantitative estimate of drug-likeness (QED) is 0.849. The molecule has 2 rings (SSSR count). The average molecular weight is 264 g/mol. The van der Waals surface area contributed by atoms with Gasteiger partial charge >= 0.3 is 0 Å². The Balaban J connectivity index is 1.87. The van der Waals surface area contributed by atoms with Gasteiger partial charge in [-0.2, -0.15) is 0 Å². The zero-order valence-electron chi connectivity index (χ0n) is 10.9. The SMILES string of the molecule is NCCOC1CCN(C(=O)c2ccc(O)cc2)CC1. The minimum Gasteiger partial charge on any atom is -0.508 e. The molecule has 0 spiro atoms. The van der Waals surface area contributed by atoms with Gasteiger partial charge in [0, 0.05) is 25.2 Å². The highest BCUT2D eigenvalue weighted by molar-refractivity contribution is 5.94. The van der Waals surface area contributed by atoms with Crippen molar-refractivity contribution in [2.75, 3.05) is 26.2 Å². The molecule has 1 amide bonds. The molecule has 0 radical (unpaired) electrons. The molecule has 0 aromatic heterocycles. The summed E-state index contributed by atoms with van der Waals surface area (Å²) < 4.78 is 5.59. The van der Waals surface area contributed by atoms with E-state index < -0.39 is 0 Å². The minimum atomic E-state index is 0.0114. The number of piperidine rings is 1. The standard InChI is InChI=1S/C14H20N2O3/c15-7-10-19-13-5-8-16(9-6-13)14(18)11-1-3-12(17)4-2-11/h1-4,13,17H,5-10,15H2. The van der Waals surface area contributed by atoms with Crippen molar-refractivity contribution in [2.45, 2.75) is 18.9 Å². The summed E-state index contributed by atoms with van der Waals surface area (Å²) in [6.45, 7) is 2.52. The van der Waals surface area contributed by atoms with Gasteiger partial charge in [0.25, 0.3) is 5.91 Å². The Morgan fingerprint density at radius 2 is 1.95 bits per heavy atom. The van der Waals surface area contributed by atoms with Gasteiger partial charge in [-0.25, -0.2) is 0 Å². The van der Waals surface area contributed by atoms with Gasteiger partial charge < -0.3 is 20.5 Å². The van der Waals surface area contributed by atoms with Crippen molar-refractivity contribution in [3.63, 3.8) is 0 Å². The van der Waals surface area contributed by atoms with Gasteiger partial charge in [-0.3, -0.25) is 4.79 Å². The number of likely N-dealkylation sites (tertiary alicyclic amines) is 1. The summed E-state index contributed by atoms with van der Waals surface area (Å²) in [6.07, 6.45) is 1.92. The molecule has 0 aliphatic carbocycles. The van der Waals surface area contributed by atoms with Crippen LogP contribution in [-0.2, 0) is 4.74 Å². The minimum absolute atomic E-state index is 0.0114. The molecule has 1 heterocycles. The molecule has 1 aliphatic rings. The molecular formula is C14H20N2O3. The van der Waals surface area contributed by atoms with Gasteiger partial charge in [-0.15, -0.1) is 0 Å². The van der Waals surface area contributed by atoms with Crippen molar-refractivity contribution in [1.82, 2.24) is 4.90 Å². The number of amides is 1. The van der Waals surface area contributed by atoms with Gasteiger partial charge in [-0.05, 0) is 37.1 Å². The van der Waals surface area contributed by atoms with Crippen LogP contribution in [0, 0.1) is 0 Å². The zero-order valence-corrected chi connectivity index (χ0v) is 10.9. The highest BCUT2D eigenvalue weighted by Gasteiger charge is 2.23. The maximum atomic E-state index is 12.2. The van der Waals surface area contributed by atoms with Crippen LogP contribution in [0.2, 0.25) is 0 Å². The van der Waals surface area contributed by atoms with E-state index in [0.717, 1.165) is 12.8 Å². The highest BCUT2D eigenvalue weighted by atomic mass is 16.5. The lowest BCUT2D eigenvalue weighted by Crippen LogP contribution is -2.41. The van der Waals surface area contributed by atoms with Crippen molar-refractivity contribution < 1.29 is 14.6 Å². The Morgan fingerprint density at radius 1 is 1.32 bits per heavy atom. The van der Waals surface area contributed by atoms with Crippen LogP contribution in [-0.4, -0.2) is 48.3 Å². The Bertz CT molecular complexity index is 411. The fourth-order valence-electron chi connectivity index (χ4n) is 2.25. The second-order valence-corrected chi connectivity index (χ2v) is 4.70. The van der Waals surface area contributed by atoms with Crippen molar-refractivity contribution in [1.29, 1.82) is 0 Å². The Morgan fingerprint density at radius 3 is 2.53 bits per heavy atom. The highest BCUT2D eigenvalue weighted by Crippen LogP contribution is 2.17. The summed E-state index contributed by atoms with van der Waals surface area (Å²) in [5.41, 5.74) is 6.01. The number of carbonyl (C=O) groups is 1. The number of benzene rings is 1. The van der Waals surface area contributed by atoms with E-state index in [4.69, 9.17) is 10.5 Å². The Labute approximate surface area is 113 Å². The first-order valence-electron chi connectivity index (χ1n) is 6.60. The second-order valence-electron chi connectivity index (χ2n) is 4.70. The topological polar surface area (TPSA) is 75.8 Å². The number of nitrogens with two attached hydrogens (primary N) is 1. The van der Waals surface area contributed by atoms with E-state index in [-0.39, 0.29) is 17.8 Å². The molecule has 0 atom stereocenters. The molecule has 0 unspecified atom stereocenters. The molecule has 5 heteroatoms. The fraction of sp³-hybridized carbons (Fsp3) is 0.500. The lowest BCUT2D eigenvalue weighted by Gasteiger charge is -2.32. The molecule has 0 bridgehead atoms. The van der Waals surface area contributed by atoms with Gasteiger partial charge in [0.15, 0.2) is 0 Å². The van der Waals surface area contributed by atoms with Crippen LogP contribution in [0.15, 0.2) is 24.3 Å². The Kier molecular flexibility index (Phi) is 4.76. The maximum absolute atomic E-state index is 12.2. The number of rotatable bonds is 4. The molecule has 19 heavy (non-hydrogen) atoms. The maximum Gasteiger partial charge on any atom is 0.253 e. The van der Waals surface area contributed by atoms with E-state index in [9.17, 15) is 9.90 Å². The molecule has 3 N–H and O–H groups in total. The van der Waals surface area contributed by atoms with E-state index >= 15 is 0 Å². The van der Waals surface area contributed by atoms with E-state index in [1.54, 1.807) is 12.1 Å². The largest absolute Gasteiger partial charge is 0.508 e. The lowest BCUT2D eigenvalue weighted by atomic mass is 10.1. The number of hydrogen-bond acceptors (Lipinski definition) is 4. The number of ether oxygens (including phenoxy) is 1. The first kappa shape index (κ1) is 13.8. The normalized spacial score (nSPS) is 16.6. The monoisotopic (exact) mass is 264 g/mol. The summed E-state index contributed by atoms with van der Waals surface area (Å²) in [5, 5.41) is 9.21. The van der Waals surface area contributed by atoms with Crippen LogP contribution in [0.1, 0.15) is 23.2 Å². The van der Waals surface area contributed by atoms with Crippen molar-refractivity contribution in [2.24, 2.45) is 5.73 Å². The molecule has 5 nitrogen and oxygen atoms in total. The summed E-state index contributed by atoms with van der Waals surface area (Å²) in [6, 6.07) is 6.36. The van der Waals surface area contributed by atoms with Crippen LogP contribution in [0.25, 0.3) is 0 Å². The molecule has 1 aromatic carbocycles. The summed E-state index contributed by atoms with van der Waals surface area (Å²) >= 11 is 0. The van der Waals surface area contributed by atoms with Crippen molar-refractivity contribution >= 4 is 5.91 Å². The number of nitrogens with zero attached hydrogens (tertiary/aromatic N) is 1. The molecule has 1 fully saturated rings. The number of hydrogen-bond donors (Lipinski definition) is 2. The number of phenols is 1. The smallest absolute Gasteiger partial charge is 0.253 e. The molecule has 0 saturated carbocycles. The van der Waals surface area contributed by atoms with E-state index in [1.165, 1.54) is 12.1 Å². The van der Waals surface area contributed by atoms with Crippen LogP contribution >= 0.6 is 0 Å². The van der Waals surface area contributed by atoms with Gasteiger partial charge in [0.2, 0.25) is 0 Å². The summed E-state index contributed by atoms with van der Waals surface area (Å²) in [5.74, 6) is 0.183.